The molecule has 0 saturated carbocycles. The van der Waals surface area contributed by atoms with Gasteiger partial charge in [-0.25, -0.2) is 4.79 Å². The Morgan fingerprint density at radius 2 is 2.05 bits per heavy atom. The molecule has 0 bridgehead atoms. The number of carbonyl (C=O) groups excluding carboxylic acids is 1. The van der Waals surface area contributed by atoms with Gasteiger partial charge in [0, 0.05) is 4.88 Å². The third-order valence-electron chi connectivity index (χ3n) is 2.64. The van der Waals surface area contributed by atoms with Gasteiger partial charge in [0.1, 0.15) is 4.88 Å². The predicted octanol–water partition coefficient (Wildman–Crippen LogP) is 3.39. The molecule has 0 aliphatic rings. The maximum Gasteiger partial charge on any atom is 0.345 e. The van der Waals surface area contributed by atoms with E-state index in [4.69, 9.17) is 5.11 Å². The zero-order chi connectivity index (χ0) is 13.8. The lowest BCUT2D eigenvalue weighted by Gasteiger charge is -2.14. The van der Waals surface area contributed by atoms with Gasteiger partial charge in [-0.3, -0.25) is 4.79 Å². The Balaban J connectivity index is 2.09. The van der Waals surface area contributed by atoms with Crippen molar-refractivity contribution in [1.29, 1.82) is 0 Å². The number of carboxylic acids is 1. The molecule has 1 atom stereocenters. The maximum atomic E-state index is 12.1. The van der Waals surface area contributed by atoms with Gasteiger partial charge in [-0.2, -0.15) is 0 Å². The van der Waals surface area contributed by atoms with Crippen LogP contribution in [-0.2, 0) is 0 Å². The van der Waals surface area contributed by atoms with Crippen molar-refractivity contribution in [2.75, 3.05) is 0 Å². The van der Waals surface area contributed by atoms with Crippen LogP contribution in [0.4, 0.5) is 0 Å². The minimum Gasteiger partial charge on any atom is -0.477 e. The Labute approximate surface area is 118 Å². The van der Waals surface area contributed by atoms with Crippen LogP contribution in [-0.4, -0.2) is 17.0 Å². The number of amides is 1. The molecule has 2 heterocycles. The highest BCUT2D eigenvalue weighted by atomic mass is 32.1. The number of aromatic carboxylic acids is 1. The second-order valence-corrected chi connectivity index (χ2v) is 5.98. The van der Waals surface area contributed by atoms with Gasteiger partial charge in [0.25, 0.3) is 5.91 Å². The average molecular weight is 295 g/mol. The number of nitrogens with one attached hydrogen (secondary N) is 1. The van der Waals surface area contributed by atoms with Gasteiger partial charge in [0.05, 0.1) is 10.9 Å². The van der Waals surface area contributed by atoms with Crippen LogP contribution in [0, 0.1) is 0 Å². The Hall–Kier alpha value is -1.66. The number of hydrogen-bond donors (Lipinski definition) is 2. The van der Waals surface area contributed by atoms with Crippen molar-refractivity contribution in [1.82, 2.24) is 5.32 Å². The summed E-state index contributed by atoms with van der Waals surface area (Å²) in [5.74, 6) is -1.23. The van der Waals surface area contributed by atoms with Crippen LogP contribution in [0.3, 0.4) is 0 Å². The molecule has 2 aromatic heterocycles. The highest BCUT2D eigenvalue weighted by molar-refractivity contribution is 7.15. The van der Waals surface area contributed by atoms with Crippen LogP contribution < -0.4 is 5.32 Å². The lowest BCUT2D eigenvalue weighted by molar-refractivity contribution is 0.0702. The summed E-state index contributed by atoms with van der Waals surface area (Å²) in [6, 6.07) is 6.90. The van der Waals surface area contributed by atoms with Gasteiger partial charge in [0.15, 0.2) is 0 Å². The van der Waals surface area contributed by atoms with Gasteiger partial charge in [-0.05, 0) is 30.0 Å². The second-order valence-electron chi connectivity index (χ2n) is 3.92. The molecule has 0 fully saturated rings. The van der Waals surface area contributed by atoms with Crippen molar-refractivity contribution < 1.29 is 14.7 Å². The first-order chi connectivity index (χ1) is 9.11. The molecule has 6 heteroatoms. The normalized spacial score (nSPS) is 12.1. The zero-order valence-electron chi connectivity index (χ0n) is 10.3. The smallest absolute Gasteiger partial charge is 0.345 e. The first kappa shape index (κ1) is 13.8. The molecule has 0 aliphatic carbocycles. The minimum atomic E-state index is -1.01. The summed E-state index contributed by atoms with van der Waals surface area (Å²) in [4.78, 5) is 24.5. The van der Waals surface area contributed by atoms with E-state index < -0.39 is 5.97 Å². The molecular weight excluding hydrogens is 282 g/mol. The zero-order valence-corrected chi connectivity index (χ0v) is 11.9. The highest BCUT2D eigenvalue weighted by Gasteiger charge is 2.17. The van der Waals surface area contributed by atoms with Crippen LogP contribution in [0.5, 0.6) is 0 Å². The van der Waals surface area contributed by atoms with Gasteiger partial charge in [-0.15, -0.1) is 22.7 Å². The maximum absolute atomic E-state index is 12.1. The first-order valence-electron chi connectivity index (χ1n) is 5.79. The molecule has 0 aliphatic heterocycles. The molecule has 2 aromatic rings. The number of thiophene rings is 2. The fourth-order valence-corrected chi connectivity index (χ4v) is 3.28. The number of carbonyl (C=O) groups is 2. The number of carboxylic acid groups (broad SMARTS) is 1. The van der Waals surface area contributed by atoms with Crippen LogP contribution in [0.2, 0.25) is 0 Å². The SMILES string of the molecule is CCC(NC(=O)c1ccc(C(=O)O)s1)c1cccs1. The fourth-order valence-electron chi connectivity index (χ4n) is 1.67. The summed E-state index contributed by atoms with van der Waals surface area (Å²) in [7, 11) is 0. The second kappa shape index (κ2) is 5.99. The van der Waals surface area contributed by atoms with Crippen LogP contribution >= 0.6 is 22.7 Å². The van der Waals surface area contributed by atoms with Crippen LogP contribution in [0.15, 0.2) is 29.6 Å². The molecule has 0 radical (unpaired) electrons. The van der Waals surface area contributed by atoms with Crippen molar-refractivity contribution in [3.63, 3.8) is 0 Å². The van der Waals surface area contributed by atoms with E-state index in [0.717, 1.165) is 22.6 Å². The third kappa shape index (κ3) is 3.21. The van der Waals surface area contributed by atoms with Crippen molar-refractivity contribution in [2.24, 2.45) is 0 Å². The topological polar surface area (TPSA) is 66.4 Å². The molecule has 100 valence electrons. The summed E-state index contributed by atoms with van der Waals surface area (Å²) in [6.07, 6.45) is 0.795. The van der Waals surface area contributed by atoms with E-state index in [0.29, 0.717) is 4.88 Å². The number of hydrogen-bond acceptors (Lipinski definition) is 4. The standard InChI is InChI=1S/C13H13NO3S2/c1-2-8(9-4-3-7-18-9)14-12(15)10-5-6-11(19-10)13(16)17/h3-8H,2H2,1H3,(H,14,15)(H,16,17). The molecule has 2 N–H and O–H groups in total. The average Bonchev–Trinajstić information content (AvgIpc) is 3.05. The van der Waals surface area contributed by atoms with Gasteiger partial charge in [0.2, 0.25) is 0 Å². The molecule has 4 nitrogen and oxygen atoms in total. The lowest BCUT2D eigenvalue weighted by atomic mass is 10.2. The molecular formula is C13H13NO3S2. The van der Waals surface area contributed by atoms with Gasteiger partial charge in [-0.1, -0.05) is 13.0 Å². The molecule has 0 aromatic carbocycles. The highest BCUT2D eigenvalue weighted by Crippen LogP contribution is 2.23. The van der Waals surface area contributed by atoms with Crippen LogP contribution in [0.1, 0.15) is 43.6 Å². The third-order valence-corrected chi connectivity index (χ3v) is 4.70. The van der Waals surface area contributed by atoms with E-state index in [1.807, 2.05) is 24.4 Å². The molecule has 0 saturated heterocycles. The van der Waals surface area contributed by atoms with E-state index >= 15 is 0 Å². The van der Waals surface area contributed by atoms with Crippen molar-refractivity contribution in [2.45, 2.75) is 19.4 Å². The Kier molecular flexibility index (Phi) is 4.34. The van der Waals surface area contributed by atoms with E-state index in [2.05, 4.69) is 5.32 Å². The molecule has 19 heavy (non-hydrogen) atoms. The van der Waals surface area contributed by atoms with Gasteiger partial charge >= 0.3 is 5.97 Å². The van der Waals surface area contributed by atoms with Crippen molar-refractivity contribution in [3.8, 4) is 0 Å². The van der Waals surface area contributed by atoms with E-state index in [-0.39, 0.29) is 16.8 Å². The molecule has 1 amide bonds. The molecule has 1 unspecified atom stereocenters. The summed E-state index contributed by atoms with van der Waals surface area (Å²) in [6.45, 7) is 2.00. The first-order valence-corrected chi connectivity index (χ1v) is 7.48. The molecule has 2 rings (SSSR count). The quantitative estimate of drug-likeness (QED) is 0.888. The largest absolute Gasteiger partial charge is 0.477 e. The Morgan fingerprint density at radius 3 is 2.58 bits per heavy atom. The minimum absolute atomic E-state index is 0.0251. The van der Waals surface area contributed by atoms with Gasteiger partial charge < -0.3 is 10.4 Å². The van der Waals surface area contributed by atoms with Crippen molar-refractivity contribution in [3.05, 3.63) is 44.3 Å². The summed E-state index contributed by atoms with van der Waals surface area (Å²) in [5.41, 5.74) is 0. The fraction of sp³-hybridized carbons (Fsp3) is 0.231. The summed E-state index contributed by atoms with van der Waals surface area (Å²) >= 11 is 2.59. The van der Waals surface area contributed by atoms with E-state index in [1.54, 1.807) is 17.4 Å². The number of rotatable bonds is 5. The van der Waals surface area contributed by atoms with E-state index in [1.165, 1.54) is 6.07 Å². The Bertz CT molecular complexity index is 574. The summed E-state index contributed by atoms with van der Waals surface area (Å²) in [5, 5.41) is 13.7. The lowest BCUT2D eigenvalue weighted by Crippen LogP contribution is -2.26. The monoisotopic (exact) mass is 295 g/mol. The van der Waals surface area contributed by atoms with Crippen LogP contribution in [0.25, 0.3) is 0 Å². The van der Waals surface area contributed by atoms with Crippen molar-refractivity contribution >= 4 is 34.6 Å². The summed E-state index contributed by atoms with van der Waals surface area (Å²) < 4.78 is 0. The van der Waals surface area contributed by atoms with E-state index in [9.17, 15) is 9.59 Å². The Morgan fingerprint density at radius 1 is 1.32 bits per heavy atom. The predicted molar refractivity (Wildman–Crippen MR) is 76.1 cm³/mol. The molecule has 0 spiro atoms.